The Kier molecular flexibility index (Phi) is 5.53. The quantitative estimate of drug-likeness (QED) is 0.410. The molecule has 2 atom stereocenters. The van der Waals surface area contributed by atoms with Gasteiger partial charge < -0.3 is 19.2 Å². The minimum atomic E-state index is -0.0232. The van der Waals surface area contributed by atoms with Gasteiger partial charge in [-0.15, -0.1) is 0 Å². The summed E-state index contributed by atoms with van der Waals surface area (Å²) in [5.74, 6) is 0.945. The summed E-state index contributed by atoms with van der Waals surface area (Å²) < 4.78 is 7.93. The molecule has 1 N–H and O–H groups in total. The summed E-state index contributed by atoms with van der Waals surface area (Å²) in [5.41, 5.74) is 5.90. The lowest BCUT2D eigenvalue weighted by molar-refractivity contribution is 0.309. The van der Waals surface area contributed by atoms with Gasteiger partial charge in [0.1, 0.15) is 5.76 Å². The number of nitrogens with one attached hydrogen (secondary N) is 1. The fourth-order valence-electron chi connectivity index (χ4n) is 4.62. The Hall–Kier alpha value is -3.38. The summed E-state index contributed by atoms with van der Waals surface area (Å²) in [6, 6.07) is 22.8. The standard InChI is InChI=1S/C26H26N4OS/c1-18-15-22(19(2)29(18)17-21-11-8-14-31-21)25-24(23-12-6-7-13-27-23)28-26(32)30(25)16-20-9-4-3-5-10-20/h3-15,24-25H,16-17H2,1-2H3,(H,28,32)/t24-,25+/m0/s1. The molecular formula is C26H26N4OS. The van der Waals surface area contributed by atoms with E-state index >= 15 is 0 Å². The normalized spacial score (nSPS) is 18.2. The molecule has 32 heavy (non-hydrogen) atoms. The highest BCUT2D eigenvalue weighted by atomic mass is 32.1. The Morgan fingerprint density at radius 1 is 1.00 bits per heavy atom. The fourth-order valence-corrected chi connectivity index (χ4v) is 4.93. The van der Waals surface area contributed by atoms with Gasteiger partial charge in [-0.25, -0.2) is 0 Å². The number of furan rings is 1. The van der Waals surface area contributed by atoms with Crippen LogP contribution >= 0.6 is 12.2 Å². The van der Waals surface area contributed by atoms with Gasteiger partial charge in [-0.3, -0.25) is 4.98 Å². The Balaban J connectivity index is 1.57. The molecule has 1 fully saturated rings. The molecule has 1 aromatic carbocycles. The van der Waals surface area contributed by atoms with Gasteiger partial charge in [0.15, 0.2) is 5.11 Å². The van der Waals surface area contributed by atoms with Crippen molar-refractivity contribution in [2.24, 2.45) is 0 Å². The first-order chi connectivity index (χ1) is 15.6. The van der Waals surface area contributed by atoms with Crippen molar-refractivity contribution >= 4 is 17.3 Å². The minimum absolute atomic E-state index is 0.0232. The number of nitrogens with zero attached hydrogens (tertiary/aromatic N) is 3. The van der Waals surface area contributed by atoms with Crippen LogP contribution in [-0.2, 0) is 13.1 Å². The maximum Gasteiger partial charge on any atom is 0.170 e. The van der Waals surface area contributed by atoms with E-state index in [1.54, 1.807) is 6.26 Å². The average molecular weight is 443 g/mol. The number of benzene rings is 1. The van der Waals surface area contributed by atoms with Crippen LogP contribution in [0.15, 0.2) is 83.6 Å². The molecule has 4 aromatic rings. The van der Waals surface area contributed by atoms with Gasteiger partial charge in [-0.05, 0) is 67.5 Å². The average Bonchev–Trinajstić information content (AvgIpc) is 3.51. The van der Waals surface area contributed by atoms with E-state index in [4.69, 9.17) is 16.6 Å². The highest BCUT2D eigenvalue weighted by Gasteiger charge is 2.41. The van der Waals surface area contributed by atoms with Gasteiger partial charge in [-0.1, -0.05) is 36.4 Å². The first-order valence-electron chi connectivity index (χ1n) is 10.8. The summed E-state index contributed by atoms with van der Waals surface area (Å²) in [6.07, 6.45) is 3.57. The predicted octanol–water partition coefficient (Wildman–Crippen LogP) is 5.31. The molecular weight excluding hydrogens is 416 g/mol. The molecule has 0 bridgehead atoms. The molecule has 1 aliphatic rings. The third-order valence-electron chi connectivity index (χ3n) is 6.22. The summed E-state index contributed by atoms with van der Waals surface area (Å²) >= 11 is 5.84. The van der Waals surface area contributed by atoms with Crippen molar-refractivity contribution < 1.29 is 4.42 Å². The highest BCUT2D eigenvalue weighted by molar-refractivity contribution is 7.80. The van der Waals surface area contributed by atoms with Crippen molar-refractivity contribution in [3.63, 3.8) is 0 Å². The number of aromatic nitrogens is 2. The second kappa shape index (κ2) is 8.63. The summed E-state index contributed by atoms with van der Waals surface area (Å²) in [7, 11) is 0. The van der Waals surface area contributed by atoms with Crippen LogP contribution in [-0.4, -0.2) is 19.6 Å². The van der Waals surface area contributed by atoms with Crippen LogP contribution in [0.4, 0.5) is 0 Å². The molecule has 5 nitrogen and oxygen atoms in total. The topological polar surface area (TPSA) is 46.2 Å². The van der Waals surface area contributed by atoms with E-state index in [9.17, 15) is 0 Å². The van der Waals surface area contributed by atoms with Gasteiger partial charge >= 0.3 is 0 Å². The van der Waals surface area contributed by atoms with Crippen molar-refractivity contribution in [3.05, 3.63) is 113 Å². The van der Waals surface area contributed by atoms with E-state index in [2.05, 4.69) is 70.0 Å². The molecule has 1 aliphatic heterocycles. The third kappa shape index (κ3) is 3.82. The van der Waals surface area contributed by atoms with E-state index in [-0.39, 0.29) is 12.1 Å². The third-order valence-corrected chi connectivity index (χ3v) is 6.57. The molecule has 0 spiro atoms. The van der Waals surface area contributed by atoms with Crippen LogP contribution in [0.5, 0.6) is 0 Å². The Morgan fingerprint density at radius 2 is 1.81 bits per heavy atom. The van der Waals surface area contributed by atoms with E-state index < -0.39 is 0 Å². The highest BCUT2D eigenvalue weighted by Crippen LogP contribution is 2.41. The van der Waals surface area contributed by atoms with Crippen molar-refractivity contribution in [3.8, 4) is 0 Å². The van der Waals surface area contributed by atoms with Crippen LogP contribution in [0.3, 0.4) is 0 Å². The van der Waals surface area contributed by atoms with Gasteiger partial charge in [-0.2, -0.15) is 0 Å². The van der Waals surface area contributed by atoms with E-state index in [0.29, 0.717) is 6.54 Å². The number of hydrogen-bond acceptors (Lipinski definition) is 3. The van der Waals surface area contributed by atoms with Gasteiger partial charge in [0.05, 0.1) is 30.6 Å². The maximum atomic E-state index is 5.84. The molecule has 1 saturated heterocycles. The van der Waals surface area contributed by atoms with Crippen LogP contribution in [0.2, 0.25) is 0 Å². The van der Waals surface area contributed by atoms with Crippen molar-refractivity contribution in [2.75, 3.05) is 0 Å². The van der Waals surface area contributed by atoms with E-state index in [0.717, 1.165) is 23.1 Å². The molecule has 162 valence electrons. The molecule has 0 unspecified atom stereocenters. The second-order valence-corrected chi connectivity index (χ2v) is 8.62. The first-order valence-corrected chi connectivity index (χ1v) is 11.2. The fraction of sp³-hybridized carbons (Fsp3) is 0.231. The number of thiocarbonyl (C=S) groups is 1. The molecule has 0 radical (unpaired) electrons. The Labute approximate surface area is 193 Å². The van der Waals surface area contributed by atoms with E-state index in [1.807, 2.05) is 36.5 Å². The van der Waals surface area contributed by atoms with Crippen LogP contribution in [0, 0.1) is 13.8 Å². The number of aryl methyl sites for hydroxylation is 1. The van der Waals surface area contributed by atoms with Crippen LogP contribution in [0.25, 0.3) is 0 Å². The first kappa shape index (κ1) is 20.5. The summed E-state index contributed by atoms with van der Waals surface area (Å²) in [4.78, 5) is 6.96. The molecule has 0 aliphatic carbocycles. The second-order valence-electron chi connectivity index (χ2n) is 8.23. The monoisotopic (exact) mass is 442 g/mol. The van der Waals surface area contributed by atoms with Gasteiger partial charge in [0, 0.05) is 24.1 Å². The van der Waals surface area contributed by atoms with Crippen molar-refractivity contribution in [1.82, 2.24) is 19.8 Å². The summed E-state index contributed by atoms with van der Waals surface area (Å²) in [6.45, 7) is 5.78. The predicted molar refractivity (Wildman–Crippen MR) is 129 cm³/mol. The Morgan fingerprint density at radius 3 is 2.53 bits per heavy atom. The zero-order valence-electron chi connectivity index (χ0n) is 18.2. The molecule has 4 heterocycles. The number of hydrogen-bond donors (Lipinski definition) is 1. The van der Waals surface area contributed by atoms with E-state index in [1.165, 1.54) is 22.5 Å². The minimum Gasteiger partial charge on any atom is -0.467 e. The molecule has 0 saturated carbocycles. The summed E-state index contributed by atoms with van der Waals surface area (Å²) in [5, 5.41) is 4.31. The zero-order valence-corrected chi connectivity index (χ0v) is 19.0. The SMILES string of the molecule is Cc1cc([C@@H]2[C@H](c3ccccn3)NC(=S)N2Cc2ccccc2)c(C)n1Cc1ccco1. The lowest BCUT2D eigenvalue weighted by atomic mass is 9.96. The zero-order chi connectivity index (χ0) is 22.1. The molecule has 3 aromatic heterocycles. The smallest absolute Gasteiger partial charge is 0.170 e. The van der Waals surface area contributed by atoms with Gasteiger partial charge in [0.25, 0.3) is 0 Å². The van der Waals surface area contributed by atoms with Crippen molar-refractivity contribution in [1.29, 1.82) is 0 Å². The maximum absolute atomic E-state index is 5.84. The van der Waals surface area contributed by atoms with Crippen LogP contribution in [0.1, 0.15) is 46.1 Å². The number of pyridine rings is 1. The van der Waals surface area contributed by atoms with Crippen molar-refractivity contribution in [2.45, 2.75) is 39.0 Å². The largest absolute Gasteiger partial charge is 0.467 e. The lowest BCUT2D eigenvalue weighted by Gasteiger charge is -2.28. The number of rotatable bonds is 6. The van der Waals surface area contributed by atoms with Gasteiger partial charge in [0.2, 0.25) is 0 Å². The lowest BCUT2D eigenvalue weighted by Crippen LogP contribution is -2.29. The molecule has 6 heteroatoms. The Bertz CT molecular complexity index is 1200. The molecule has 5 rings (SSSR count). The molecule has 0 amide bonds. The van der Waals surface area contributed by atoms with Crippen LogP contribution < -0.4 is 5.32 Å².